The van der Waals surface area contributed by atoms with Crippen LogP contribution in [0, 0.1) is 10.8 Å². The van der Waals surface area contributed by atoms with E-state index < -0.39 is 0 Å². The molecule has 0 bridgehead atoms. The Morgan fingerprint density at radius 1 is 1.07 bits per heavy atom. The van der Waals surface area contributed by atoms with Gasteiger partial charge >= 0.3 is 104 Å². The SMILES string of the molecule is CC(C)(C)C(=O)C=C([O][Tl])C(C)(C)C. The molecule has 0 fully saturated rings. The summed E-state index contributed by atoms with van der Waals surface area (Å²) in [5.41, 5.74) is -0.393. The average Bonchev–Trinajstić information content (AvgIpc) is 1.95. The zero-order valence-corrected chi connectivity index (χ0v) is 14.5. The number of hydrogen-bond donors (Lipinski definition) is 0. The normalized spacial score (nSPS) is 13.9. The first-order valence-electron chi connectivity index (χ1n) is 4.72. The van der Waals surface area contributed by atoms with Crippen molar-refractivity contribution in [3.8, 4) is 0 Å². The molecular formula is C11H19O2Tl. The predicted molar refractivity (Wildman–Crippen MR) is 58.8 cm³/mol. The van der Waals surface area contributed by atoms with Crippen LogP contribution in [0.2, 0.25) is 0 Å². The Kier molecular flexibility index (Phi) is 4.81. The Labute approximate surface area is 103 Å². The van der Waals surface area contributed by atoms with Crippen LogP contribution in [0.25, 0.3) is 0 Å². The van der Waals surface area contributed by atoms with Gasteiger partial charge in [0.15, 0.2) is 0 Å². The van der Waals surface area contributed by atoms with Crippen molar-refractivity contribution in [1.82, 2.24) is 0 Å². The van der Waals surface area contributed by atoms with Crippen molar-refractivity contribution in [2.24, 2.45) is 10.8 Å². The van der Waals surface area contributed by atoms with Crippen molar-refractivity contribution < 1.29 is 7.48 Å². The van der Waals surface area contributed by atoms with Crippen molar-refractivity contribution in [3.63, 3.8) is 0 Å². The van der Waals surface area contributed by atoms with Gasteiger partial charge in [-0.15, -0.1) is 0 Å². The van der Waals surface area contributed by atoms with Gasteiger partial charge in [0.1, 0.15) is 0 Å². The maximum atomic E-state index is 11.7. The summed E-state index contributed by atoms with van der Waals surface area (Å²) in [5.74, 6) is 0.936. The first kappa shape index (κ1) is 14.1. The molecule has 78 valence electrons. The zero-order valence-electron chi connectivity index (χ0n) is 9.97. The molecule has 0 heterocycles. The van der Waals surface area contributed by atoms with Crippen molar-refractivity contribution in [2.45, 2.75) is 41.5 Å². The Balaban J connectivity index is 4.89. The molecule has 0 aliphatic heterocycles. The van der Waals surface area contributed by atoms with Crippen LogP contribution in [0.5, 0.6) is 0 Å². The molecule has 0 saturated carbocycles. The van der Waals surface area contributed by atoms with E-state index in [-0.39, 0.29) is 16.6 Å². The van der Waals surface area contributed by atoms with Crippen molar-refractivity contribution in [3.05, 3.63) is 11.8 Å². The molecule has 0 radical (unpaired) electrons. The van der Waals surface area contributed by atoms with Gasteiger partial charge in [-0.2, -0.15) is 0 Å². The number of ketones is 1. The van der Waals surface area contributed by atoms with Crippen LogP contribution in [-0.2, 0) is 7.48 Å². The van der Waals surface area contributed by atoms with Crippen LogP contribution in [0.1, 0.15) is 41.5 Å². The standard InChI is InChI=1S/C11H20O2.Tl/c1-10(2,3)8(12)7-9(13)11(4,5)6;/h7,12H,1-6H3;/q;+1/p-1. The minimum atomic E-state index is -0.320. The fraction of sp³-hybridized carbons (Fsp3) is 0.727. The molecule has 3 heteroatoms. The molecule has 0 atom stereocenters. The Hall–Kier alpha value is 0.132. The van der Waals surface area contributed by atoms with E-state index in [0.29, 0.717) is 26.2 Å². The topological polar surface area (TPSA) is 26.3 Å². The molecule has 2 nitrogen and oxygen atoms in total. The van der Waals surface area contributed by atoms with Gasteiger partial charge < -0.3 is 0 Å². The third kappa shape index (κ3) is 4.57. The predicted octanol–water partition coefficient (Wildman–Crippen LogP) is 2.63. The van der Waals surface area contributed by atoms with Crippen LogP contribution in [0.4, 0.5) is 0 Å². The second-order valence-electron chi connectivity index (χ2n) is 5.49. The van der Waals surface area contributed by atoms with Gasteiger partial charge in [-0.25, -0.2) is 0 Å². The summed E-state index contributed by atoms with van der Waals surface area (Å²) < 4.78 is 5.39. The Morgan fingerprint density at radius 2 is 1.50 bits per heavy atom. The van der Waals surface area contributed by atoms with Gasteiger partial charge in [-0.3, -0.25) is 0 Å². The molecule has 0 aromatic rings. The molecule has 0 aromatic heterocycles. The van der Waals surface area contributed by atoms with E-state index in [2.05, 4.69) is 20.8 Å². The third-order valence-electron chi connectivity index (χ3n) is 1.87. The summed E-state index contributed by atoms with van der Waals surface area (Å²) >= 11 is 0.429. The monoisotopic (exact) mass is 388 g/mol. The van der Waals surface area contributed by atoms with Gasteiger partial charge in [-0.1, -0.05) is 0 Å². The zero-order chi connectivity index (χ0) is 11.6. The molecule has 0 rings (SSSR count). The Bertz CT molecular complexity index is 241. The van der Waals surface area contributed by atoms with Gasteiger partial charge in [0.2, 0.25) is 0 Å². The second-order valence-corrected chi connectivity index (χ2v) is 6.41. The molecule has 0 N–H and O–H groups in total. The van der Waals surface area contributed by atoms with Crippen LogP contribution in [0.15, 0.2) is 11.8 Å². The maximum absolute atomic E-state index is 11.7. The average molecular weight is 388 g/mol. The molecule has 14 heavy (non-hydrogen) atoms. The van der Waals surface area contributed by atoms with Gasteiger partial charge in [0.25, 0.3) is 0 Å². The van der Waals surface area contributed by atoms with Crippen LogP contribution in [-0.4, -0.2) is 32.0 Å². The summed E-state index contributed by atoms with van der Waals surface area (Å²) in [6.07, 6.45) is 1.65. The number of carbonyl (C=O) groups is 1. The first-order valence-corrected chi connectivity index (χ1v) is 6.55. The van der Waals surface area contributed by atoms with Crippen molar-refractivity contribution in [1.29, 1.82) is 0 Å². The Morgan fingerprint density at radius 3 is 1.71 bits per heavy atom. The number of hydrogen-bond acceptors (Lipinski definition) is 2. The summed E-state index contributed by atoms with van der Waals surface area (Å²) in [5, 5.41) is 0. The van der Waals surface area contributed by atoms with E-state index in [1.54, 1.807) is 6.08 Å². The molecule has 0 saturated heterocycles. The van der Waals surface area contributed by atoms with Gasteiger partial charge in [0, 0.05) is 0 Å². The van der Waals surface area contributed by atoms with Crippen molar-refractivity contribution >= 4 is 32.0 Å². The van der Waals surface area contributed by atoms with Crippen LogP contribution >= 0.6 is 0 Å². The summed E-state index contributed by atoms with van der Waals surface area (Å²) in [4.78, 5) is 11.7. The number of rotatable bonds is 2. The van der Waals surface area contributed by atoms with E-state index >= 15 is 0 Å². The van der Waals surface area contributed by atoms with E-state index in [0.717, 1.165) is 5.76 Å². The number of allylic oxidation sites excluding steroid dienone is 2. The summed E-state index contributed by atoms with van der Waals surface area (Å²) in [6, 6.07) is 0. The second kappa shape index (κ2) is 4.77. The fourth-order valence-electron chi connectivity index (χ4n) is 0.763. The fourth-order valence-corrected chi connectivity index (χ4v) is 2.40. The quantitative estimate of drug-likeness (QED) is 0.414. The van der Waals surface area contributed by atoms with Gasteiger partial charge in [0.05, 0.1) is 0 Å². The van der Waals surface area contributed by atoms with E-state index in [1.165, 1.54) is 0 Å². The first-order chi connectivity index (χ1) is 6.09. The molecule has 0 amide bonds. The van der Waals surface area contributed by atoms with E-state index in [4.69, 9.17) is 2.69 Å². The molecule has 0 unspecified atom stereocenters. The molecular weight excluding hydrogens is 369 g/mol. The molecule has 0 spiro atoms. The molecule has 0 aliphatic rings. The molecule has 0 aliphatic carbocycles. The van der Waals surface area contributed by atoms with Crippen LogP contribution < -0.4 is 0 Å². The summed E-state index contributed by atoms with van der Waals surface area (Å²) in [6.45, 7) is 11.9. The van der Waals surface area contributed by atoms with E-state index in [1.807, 2.05) is 20.8 Å². The molecule has 0 aromatic carbocycles. The van der Waals surface area contributed by atoms with Crippen molar-refractivity contribution in [2.75, 3.05) is 0 Å². The summed E-state index contributed by atoms with van der Waals surface area (Å²) in [7, 11) is 0. The van der Waals surface area contributed by atoms with Crippen LogP contribution in [0.3, 0.4) is 0 Å². The number of carbonyl (C=O) groups excluding carboxylic acids is 1. The van der Waals surface area contributed by atoms with E-state index in [9.17, 15) is 4.79 Å². The van der Waals surface area contributed by atoms with Gasteiger partial charge in [-0.05, 0) is 0 Å². The minimum absolute atomic E-state index is 0.0737. The third-order valence-corrected chi connectivity index (χ3v) is 2.85.